The van der Waals surface area contributed by atoms with Gasteiger partial charge in [0.1, 0.15) is 64.7 Å². The molecule has 5 saturated heterocycles. The maximum absolute atomic E-state index is 12.8. The van der Waals surface area contributed by atoms with Gasteiger partial charge >= 0.3 is 25.3 Å². The van der Waals surface area contributed by atoms with E-state index in [0.29, 0.717) is 58.8 Å². The number of aromatic nitrogens is 12. The van der Waals surface area contributed by atoms with Crippen molar-refractivity contribution < 1.29 is 52.5 Å². The lowest BCUT2D eigenvalue weighted by molar-refractivity contribution is -0.136. The molecular weight excluding hydrogens is 1890 g/mol. The summed E-state index contributed by atoms with van der Waals surface area (Å²) in [4.78, 5) is 77.4. The number of ether oxygens (including phenoxy) is 4. The number of likely N-dealkylation sites (tertiary alicyclic amines) is 3. The number of aliphatic carboxylic acids is 1. The van der Waals surface area contributed by atoms with Gasteiger partial charge in [0.05, 0.1) is 57.5 Å². The number of aromatic amines is 2. The minimum Gasteiger partial charge on any atom is -0.480 e. The van der Waals surface area contributed by atoms with Crippen LogP contribution in [0.15, 0.2) is 124 Å². The van der Waals surface area contributed by atoms with Crippen LogP contribution in [0.2, 0.25) is 51.4 Å². The molecule has 5 fully saturated rings. The number of pyridine rings is 4. The van der Waals surface area contributed by atoms with Gasteiger partial charge in [-0.05, 0) is 250 Å². The second-order valence-electron chi connectivity index (χ2n) is 39.4. The molecule has 8 N–H and O–H groups in total. The van der Waals surface area contributed by atoms with Gasteiger partial charge in [-0.1, -0.05) is 39.3 Å². The van der Waals surface area contributed by atoms with Crippen molar-refractivity contribution in [3.05, 3.63) is 124 Å². The van der Waals surface area contributed by atoms with E-state index in [-0.39, 0.29) is 42.6 Å². The summed E-state index contributed by atoms with van der Waals surface area (Å²) >= 11 is 8.93. The molecule has 17 heterocycles. The highest BCUT2D eigenvalue weighted by molar-refractivity contribution is 9.10. The summed E-state index contributed by atoms with van der Waals surface area (Å²) in [6.07, 6.45) is 22.4. The fraction of sp³-hybridized carbons (Fsp3) is 0.511. The number of fused-ring (bicyclic) bond motifs is 4. The number of piperidine rings is 4. The fourth-order valence-corrected chi connectivity index (χ4v) is 19.8. The Kier molecular flexibility index (Phi) is 36.2. The van der Waals surface area contributed by atoms with E-state index in [2.05, 4.69) is 170 Å². The van der Waals surface area contributed by atoms with Gasteiger partial charge in [0, 0.05) is 220 Å². The third-order valence-electron chi connectivity index (χ3n) is 23.4. The van der Waals surface area contributed by atoms with E-state index in [4.69, 9.17) is 53.9 Å². The van der Waals surface area contributed by atoms with Crippen LogP contribution < -0.4 is 32.0 Å². The van der Waals surface area contributed by atoms with Crippen molar-refractivity contribution in [3.63, 3.8) is 0 Å². The lowest BCUT2D eigenvalue weighted by Gasteiger charge is -2.35. The highest BCUT2D eigenvalue weighted by Gasteiger charge is 2.53. The normalized spacial score (nSPS) is 17.7. The van der Waals surface area contributed by atoms with Crippen molar-refractivity contribution in [3.8, 4) is 45.9 Å². The Hall–Kier alpha value is -10.3. The van der Waals surface area contributed by atoms with E-state index in [1.807, 2.05) is 159 Å². The second-order valence-corrected chi connectivity index (χ2v) is 54.1. The largest absolute Gasteiger partial charge is 0.498 e. The smallest absolute Gasteiger partial charge is 0.480 e. The second kappa shape index (κ2) is 47.2. The Labute approximate surface area is 817 Å². The molecular formula is C94H128BBrN22O11S4Si2. The summed E-state index contributed by atoms with van der Waals surface area (Å²) in [5, 5.41) is 54.4. The summed E-state index contributed by atoms with van der Waals surface area (Å²) in [6.45, 7) is 42.2. The first kappa shape index (κ1) is 104. The molecule has 722 valence electrons. The Morgan fingerprint density at radius 2 is 0.948 bits per heavy atom. The predicted molar refractivity (Wildman–Crippen MR) is 548 cm³/mol. The number of halogens is 1. The van der Waals surface area contributed by atoms with E-state index < -0.39 is 58.1 Å². The van der Waals surface area contributed by atoms with Crippen LogP contribution in [-0.2, 0) is 51.3 Å². The molecule has 41 heteroatoms. The van der Waals surface area contributed by atoms with Gasteiger partial charge in [-0.3, -0.25) is 9.59 Å². The van der Waals surface area contributed by atoms with Crippen molar-refractivity contribution in [2.75, 3.05) is 86.8 Å². The number of carbonyl (C=O) groups is 4. The van der Waals surface area contributed by atoms with Gasteiger partial charge in [0.25, 0.3) is 0 Å². The highest BCUT2D eigenvalue weighted by atomic mass is 79.9. The van der Waals surface area contributed by atoms with Crippen molar-refractivity contribution in [1.82, 2.24) is 76.5 Å². The number of amides is 3. The predicted octanol–water partition coefficient (Wildman–Crippen LogP) is 19.5. The highest BCUT2D eigenvalue weighted by Crippen LogP contribution is 2.41. The van der Waals surface area contributed by atoms with Crippen molar-refractivity contribution >= 4 is 182 Å². The molecule has 5 aliphatic rings. The number of nitrogens with one attached hydrogen (secondary N) is 7. The summed E-state index contributed by atoms with van der Waals surface area (Å²) < 4.78 is 58.6. The molecule has 0 unspecified atom stereocenters. The Morgan fingerprint density at radius 1 is 0.541 bits per heavy atom. The Morgan fingerprint density at radius 3 is 1.34 bits per heavy atom. The Bertz CT molecular complexity index is 5920. The van der Waals surface area contributed by atoms with Crippen molar-refractivity contribution in [1.29, 1.82) is 10.5 Å². The third kappa shape index (κ3) is 29.6. The summed E-state index contributed by atoms with van der Waals surface area (Å²) in [5.41, 5.74) is 12.2. The summed E-state index contributed by atoms with van der Waals surface area (Å²) in [5.74, 6) is -1.17. The van der Waals surface area contributed by atoms with Gasteiger partial charge < -0.3 is 93.7 Å². The number of hydrogen-bond acceptors (Lipinski definition) is 29. The topological polar surface area (TPSA) is 406 Å². The van der Waals surface area contributed by atoms with Gasteiger partial charge in [-0.2, -0.15) is 28.0 Å². The van der Waals surface area contributed by atoms with E-state index in [9.17, 15) is 19.2 Å². The number of carboxylic acid groups (broad SMARTS) is 1. The molecule has 0 radical (unpaired) electrons. The standard InChI is InChI=1S/C29H49BN4O5Si.C26H39N5O3SSi.C18H18N6OS.C15H17N5S.C3H2BrNS.C3H3NO2/c1-27(2,3)37-26(35)33-14-11-12-21(19-33)32-24-22-13-15-34(20-36-16-17-40(8,9)10)25(22)31-18-23(24)30-38-28(4,5)29(6,7)39-30;1-26(2,3)34-25(32)30-11-7-8-19(17-30)28-23-20-9-12-31(18-33-13-15-36(4,5)6)24(20)27-16-21(23)22-10-14-35-29-22;19-6-3-16(25)24-8-1-2-12(11-24)22-17-13-4-7-20-18(13)21-10-14(17)15-5-9-26-23-15;1-2-10(8-16-5-1)19-14-11-3-6-17-15(11)18-9-12(14)13-4-7-21-20-13;4-3-1-2-6-5-3;4-2-1-3(5)6/h13,15,18,21H,11-12,14,16-17,19-20H2,1-10H3,(H,31,32);9-10,12,14,16,19H,7-8,11,13,15,17-18H2,1-6H3,(H,27,28);4-5,7,9-10,12H,1-3,8,11H2,(H2,20,21,22);3-4,6-7,9-10,16H,1-2,5,8H2,(H2,17,18,19);1-2H;1H2,(H,5,6)/t21-;19-;12-;10-;;/m1111../s1. The Balaban J connectivity index is 0.000000158. The number of carbonyl (C=O) groups excluding carboxylic acids is 3. The monoisotopic (exact) mass is 2010 g/mol. The maximum atomic E-state index is 12.8. The third-order valence-corrected chi connectivity index (χ3v) is 29.7. The van der Waals surface area contributed by atoms with Crippen LogP contribution in [-0.4, -0.2) is 236 Å². The molecule has 0 aliphatic carbocycles. The zero-order valence-electron chi connectivity index (χ0n) is 80.2. The molecule has 5 aliphatic heterocycles. The van der Waals surface area contributed by atoms with Crippen LogP contribution in [0, 0.1) is 22.7 Å². The quantitative estimate of drug-likeness (QED) is 0.0206. The molecule has 0 aromatic carbocycles. The number of anilines is 4. The van der Waals surface area contributed by atoms with E-state index in [0.717, 1.165) is 188 Å². The van der Waals surface area contributed by atoms with Gasteiger partial charge in [0.2, 0.25) is 5.91 Å². The molecule has 0 bridgehead atoms. The molecule has 4 atom stereocenters. The zero-order chi connectivity index (χ0) is 96.8. The lowest BCUT2D eigenvalue weighted by atomic mass is 9.78. The van der Waals surface area contributed by atoms with Crippen LogP contribution in [0.3, 0.4) is 0 Å². The van der Waals surface area contributed by atoms with E-state index in [1.54, 1.807) is 9.80 Å². The van der Waals surface area contributed by atoms with Crippen molar-refractivity contribution in [2.45, 2.75) is 245 Å². The fourth-order valence-electron chi connectivity index (χ4n) is 15.7. The van der Waals surface area contributed by atoms with Crippen LogP contribution >= 0.6 is 62.1 Å². The number of hydrogen-bond donors (Lipinski definition) is 8. The minimum atomic E-state index is -1.17. The average Bonchev–Trinajstić information content (AvgIpc) is 1.60. The first-order valence-corrected chi connectivity index (χ1v) is 57.5. The van der Waals surface area contributed by atoms with Crippen LogP contribution in [0.1, 0.15) is 133 Å². The first-order chi connectivity index (χ1) is 64.3. The number of rotatable bonds is 24. The molecule has 33 nitrogen and oxygen atoms in total. The van der Waals surface area contributed by atoms with Crippen molar-refractivity contribution in [2.24, 2.45) is 0 Å². The molecule has 17 rings (SSSR count). The average molecular weight is 2020 g/mol. The van der Waals surface area contributed by atoms with Gasteiger partial charge in [-0.15, -0.1) is 0 Å². The first-order valence-electron chi connectivity index (χ1n) is 45.9. The molecule has 3 amide bonds. The molecule has 0 saturated carbocycles. The van der Waals surface area contributed by atoms with Crippen LogP contribution in [0.25, 0.3) is 77.9 Å². The maximum Gasteiger partial charge on any atom is 0.498 e. The molecule has 0 spiro atoms. The number of carboxylic acids is 1. The zero-order valence-corrected chi connectivity index (χ0v) is 87.0. The van der Waals surface area contributed by atoms with Crippen LogP contribution in [0.5, 0.6) is 0 Å². The van der Waals surface area contributed by atoms with Gasteiger partial charge in [-0.25, -0.2) is 29.5 Å². The van der Waals surface area contributed by atoms with E-state index >= 15 is 0 Å². The van der Waals surface area contributed by atoms with Gasteiger partial charge in [0.15, 0.2) is 0 Å². The van der Waals surface area contributed by atoms with Crippen LogP contribution in [0.4, 0.5) is 32.3 Å². The molecule has 12 aromatic heterocycles. The molecule has 12 aromatic rings. The van der Waals surface area contributed by atoms with E-state index in [1.165, 1.54) is 65.0 Å². The number of nitrogens with zero attached hydrogens (tertiary/aromatic N) is 15. The molecule has 135 heavy (non-hydrogen) atoms. The lowest BCUT2D eigenvalue weighted by Crippen LogP contribution is -2.48. The number of nitriles is 2. The minimum absolute atomic E-state index is 0.0457. The summed E-state index contributed by atoms with van der Waals surface area (Å²) in [6, 6.07) is 22.6. The number of H-pyrrole nitrogens is 2. The SMILES string of the molecule is Brc1ccsn1.CC(C)(C)OC(=O)N1CCC[C@@H](Nc2c(-c3ccsn3)cnc3c2ccn3COCC[Si](C)(C)C)C1.CC(C)(C)OC(=O)N1CCC[C@@H](Nc2c(B3OC(C)(C)C(C)(C)O3)cnc3c2ccn3COCC[Si](C)(C)C)C1.N#CCC(=O)N1CCC[C@@H](Nc2c(-c3ccsn3)cnc3[nH]ccc23)C1.N#CCC(=O)O.c1cc2c(N[C@@H]3CCCNC3)c(-c3ccsn3)cnc2[nH]1. The summed E-state index contributed by atoms with van der Waals surface area (Å²) in [7, 11) is -2.86.